The van der Waals surface area contributed by atoms with E-state index >= 15 is 0 Å². The maximum Gasteiger partial charge on any atom is 0.191 e. The van der Waals surface area contributed by atoms with E-state index in [0.717, 1.165) is 58.3 Å². The Bertz CT molecular complexity index is 581. The molecule has 0 aromatic carbocycles. The quantitative estimate of drug-likeness (QED) is 0.219. The smallest absolute Gasteiger partial charge is 0.191 e. The van der Waals surface area contributed by atoms with E-state index in [0.29, 0.717) is 18.1 Å². The molecule has 8 heteroatoms. The number of ether oxygens (including phenoxy) is 2. The number of thiophene rings is 1. The monoisotopic (exact) mass is 536 g/mol. The molecule has 3 unspecified atom stereocenters. The lowest BCUT2D eigenvalue weighted by atomic mass is 9.88. The van der Waals surface area contributed by atoms with Crippen molar-refractivity contribution in [2.75, 3.05) is 53.0 Å². The number of halogens is 1. The van der Waals surface area contributed by atoms with Crippen LogP contribution in [0, 0.1) is 5.92 Å². The summed E-state index contributed by atoms with van der Waals surface area (Å²) in [5.74, 6) is 1.49. The molecule has 2 aliphatic heterocycles. The highest BCUT2D eigenvalue weighted by Gasteiger charge is 2.31. The van der Waals surface area contributed by atoms with Gasteiger partial charge in [-0.25, -0.2) is 0 Å². The van der Waals surface area contributed by atoms with Gasteiger partial charge in [0.05, 0.1) is 12.7 Å². The molecular weight excluding hydrogens is 499 g/mol. The van der Waals surface area contributed by atoms with Crippen molar-refractivity contribution >= 4 is 41.3 Å². The predicted molar refractivity (Wildman–Crippen MR) is 132 cm³/mol. The first-order valence-electron chi connectivity index (χ1n) is 10.7. The van der Waals surface area contributed by atoms with Gasteiger partial charge in [-0.3, -0.25) is 9.89 Å². The largest absolute Gasteiger partial charge is 0.379 e. The Kier molecular flexibility index (Phi) is 11.8. The lowest BCUT2D eigenvalue weighted by Gasteiger charge is -2.38. The molecule has 3 atom stereocenters. The fourth-order valence-electron chi connectivity index (χ4n) is 4.08. The molecule has 0 amide bonds. The normalized spacial score (nSPS) is 25.6. The van der Waals surface area contributed by atoms with Crippen LogP contribution in [-0.2, 0) is 9.47 Å². The maximum atomic E-state index is 5.84. The summed E-state index contributed by atoms with van der Waals surface area (Å²) in [6.45, 7) is 8.25. The first-order chi connectivity index (χ1) is 13.8. The Hall–Kier alpha value is -0.420. The molecule has 0 bridgehead atoms. The standard InChI is InChI=1S/C21H36N4O2S.HI/c1-3-22-21(23-10-6-12-27-18-9-13-26-16-18)24-15-17-7-4-11-25(2)20(17)19-8-5-14-28-19;/h5,8,14,17-18,20H,3-4,6-7,9-13,15-16H2,1-2H3,(H2,22,23,24);1H. The van der Waals surface area contributed by atoms with Crippen molar-refractivity contribution in [1.82, 2.24) is 15.5 Å². The van der Waals surface area contributed by atoms with Crippen molar-refractivity contribution in [1.29, 1.82) is 0 Å². The zero-order valence-electron chi connectivity index (χ0n) is 17.8. The number of nitrogens with zero attached hydrogens (tertiary/aromatic N) is 2. The summed E-state index contributed by atoms with van der Waals surface area (Å²) in [4.78, 5) is 8.88. The molecule has 2 saturated heterocycles. The minimum Gasteiger partial charge on any atom is -0.379 e. The maximum absolute atomic E-state index is 5.84. The van der Waals surface area contributed by atoms with Crippen molar-refractivity contribution < 1.29 is 9.47 Å². The van der Waals surface area contributed by atoms with Crippen molar-refractivity contribution in [2.24, 2.45) is 10.9 Å². The van der Waals surface area contributed by atoms with Gasteiger partial charge in [0.25, 0.3) is 0 Å². The third-order valence-electron chi connectivity index (χ3n) is 5.52. The number of hydrogen-bond acceptors (Lipinski definition) is 5. The Balaban J connectivity index is 0.00000300. The third kappa shape index (κ3) is 7.97. The van der Waals surface area contributed by atoms with Gasteiger partial charge < -0.3 is 20.1 Å². The minimum absolute atomic E-state index is 0. The summed E-state index contributed by atoms with van der Waals surface area (Å²) in [6.07, 6.45) is 4.79. The molecule has 166 valence electrons. The molecule has 1 aromatic heterocycles. The Morgan fingerprint density at radius 3 is 3.00 bits per heavy atom. The molecule has 29 heavy (non-hydrogen) atoms. The van der Waals surface area contributed by atoms with Gasteiger partial charge in [-0.15, -0.1) is 35.3 Å². The topological polar surface area (TPSA) is 58.1 Å². The van der Waals surface area contributed by atoms with E-state index in [1.54, 1.807) is 0 Å². The number of nitrogens with one attached hydrogen (secondary N) is 2. The number of rotatable bonds is 9. The number of aliphatic imine (C=N–C) groups is 1. The molecule has 2 N–H and O–H groups in total. The van der Waals surface area contributed by atoms with Gasteiger partial charge in [0.2, 0.25) is 0 Å². The van der Waals surface area contributed by atoms with E-state index in [1.807, 2.05) is 11.3 Å². The molecule has 0 saturated carbocycles. The van der Waals surface area contributed by atoms with Crippen molar-refractivity contribution in [3.63, 3.8) is 0 Å². The van der Waals surface area contributed by atoms with Crippen LogP contribution < -0.4 is 10.6 Å². The molecule has 6 nitrogen and oxygen atoms in total. The van der Waals surface area contributed by atoms with Crippen LogP contribution in [0.4, 0.5) is 0 Å². The molecule has 2 fully saturated rings. The predicted octanol–water partition coefficient (Wildman–Crippen LogP) is 3.50. The Morgan fingerprint density at radius 2 is 2.28 bits per heavy atom. The zero-order chi connectivity index (χ0) is 19.6. The van der Waals surface area contributed by atoms with Crippen LogP contribution in [0.3, 0.4) is 0 Å². The van der Waals surface area contributed by atoms with Crippen LogP contribution in [0.5, 0.6) is 0 Å². The second kappa shape index (κ2) is 13.8. The Morgan fingerprint density at radius 1 is 1.38 bits per heavy atom. The minimum atomic E-state index is 0. The summed E-state index contributed by atoms with van der Waals surface area (Å²) in [6, 6.07) is 4.92. The molecule has 3 heterocycles. The number of hydrogen-bond donors (Lipinski definition) is 2. The second-order valence-electron chi connectivity index (χ2n) is 7.70. The molecule has 0 radical (unpaired) electrons. The lowest BCUT2D eigenvalue weighted by molar-refractivity contribution is 0.0420. The first-order valence-corrected chi connectivity index (χ1v) is 11.6. The first kappa shape index (κ1) is 24.8. The summed E-state index contributed by atoms with van der Waals surface area (Å²) in [5, 5.41) is 9.03. The fourth-order valence-corrected chi connectivity index (χ4v) is 5.07. The molecule has 0 spiro atoms. The summed E-state index contributed by atoms with van der Waals surface area (Å²) < 4.78 is 11.2. The summed E-state index contributed by atoms with van der Waals surface area (Å²) in [5.41, 5.74) is 0. The molecule has 2 aliphatic rings. The van der Waals surface area contributed by atoms with Crippen LogP contribution in [0.1, 0.15) is 43.5 Å². The zero-order valence-corrected chi connectivity index (χ0v) is 20.9. The SMILES string of the molecule is CCNC(=NCC1CCCN(C)C1c1cccs1)NCCCOC1CCOC1.I. The van der Waals surface area contributed by atoms with E-state index in [2.05, 4.69) is 47.0 Å². The number of piperidine rings is 1. The molecule has 0 aliphatic carbocycles. The van der Waals surface area contributed by atoms with E-state index in [-0.39, 0.29) is 24.0 Å². The van der Waals surface area contributed by atoms with E-state index in [9.17, 15) is 0 Å². The average Bonchev–Trinajstić information content (AvgIpc) is 3.40. The second-order valence-corrected chi connectivity index (χ2v) is 8.68. The van der Waals surface area contributed by atoms with E-state index in [1.165, 1.54) is 24.3 Å². The number of likely N-dealkylation sites (tertiary alicyclic amines) is 1. The highest BCUT2D eigenvalue weighted by Crippen LogP contribution is 2.37. The van der Waals surface area contributed by atoms with E-state index in [4.69, 9.17) is 14.5 Å². The van der Waals surface area contributed by atoms with Crippen molar-refractivity contribution in [2.45, 2.75) is 44.8 Å². The van der Waals surface area contributed by atoms with E-state index < -0.39 is 0 Å². The van der Waals surface area contributed by atoms with Crippen molar-refractivity contribution in [3.05, 3.63) is 22.4 Å². The summed E-state index contributed by atoms with van der Waals surface area (Å²) >= 11 is 1.87. The van der Waals surface area contributed by atoms with Crippen LogP contribution in [-0.4, -0.2) is 70.0 Å². The third-order valence-corrected chi connectivity index (χ3v) is 6.47. The Labute approximate surface area is 196 Å². The van der Waals surface area contributed by atoms with Crippen LogP contribution >= 0.6 is 35.3 Å². The van der Waals surface area contributed by atoms with Gasteiger partial charge >= 0.3 is 0 Å². The van der Waals surface area contributed by atoms with Gasteiger partial charge in [-0.05, 0) is 63.6 Å². The molecule has 1 aromatic rings. The number of guanidine groups is 1. The van der Waals surface area contributed by atoms with Crippen LogP contribution in [0.25, 0.3) is 0 Å². The molecular formula is C21H37IN4O2S. The van der Waals surface area contributed by atoms with Gasteiger partial charge in [0.15, 0.2) is 5.96 Å². The van der Waals surface area contributed by atoms with Gasteiger partial charge in [-0.1, -0.05) is 6.07 Å². The van der Waals surface area contributed by atoms with Crippen molar-refractivity contribution in [3.8, 4) is 0 Å². The molecule has 3 rings (SSSR count). The van der Waals surface area contributed by atoms with Crippen LogP contribution in [0.2, 0.25) is 0 Å². The average molecular weight is 537 g/mol. The van der Waals surface area contributed by atoms with Gasteiger partial charge in [0.1, 0.15) is 0 Å². The fraction of sp³-hybridized carbons (Fsp3) is 0.762. The van der Waals surface area contributed by atoms with Crippen LogP contribution in [0.15, 0.2) is 22.5 Å². The van der Waals surface area contributed by atoms with Gasteiger partial charge in [0, 0.05) is 43.8 Å². The lowest BCUT2D eigenvalue weighted by Crippen LogP contribution is -2.40. The highest BCUT2D eigenvalue weighted by molar-refractivity contribution is 14.0. The highest BCUT2D eigenvalue weighted by atomic mass is 127. The van der Waals surface area contributed by atoms with Gasteiger partial charge in [-0.2, -0.15) is 0 Å². The summed E-state index contributed by atoms with van der Waals surface area (Å²) in [7, 11) is 2.25.